The first-order chi connectivity index (χ1) is 9.72. The van der Waals surface area contributed by atoms with Gasteiger partial charge in [0, 0.05) is 24.8 Å². The Morgan fingerprint density at radius 1 is 1.40 bits per heavy atom. The van der Waals surface area contributed by atoms with Crippen molar-refractivity contribution in [3.8, 4) is 0 Å². The molecule has 5 heteroatoms. The second kappa shape index (κ2) is 5.36. The minimum Gasteiger partial charge on any atom is -0.369 e. The topological polar surface area (TPSA) is 61.0 Å². The zero-order valence-corrected chi connectivity index (χ0v) is 11.5. The van der Waals surface area contributed by atoms with E-state index in [4.69, 9.17) is 0 Å². The van der Waals surface area contributed by atoms with Crippen LogP contribution in [0, 0.1) is 6.92 Å². The van der Waals surface area contributed by atoms with Crippen LogP contribution in [0.4, 0.5) is 5.69 Å². The highest BCUT2D eigenvalue weighted by molar-refractivity contribution is 5.92. The molecule has 0 spiro atoms. The van der Waals surface area contributed by atoms with Gasteiger partial charge in [0.1, 0.15) is 11.5 Å². The maximum atomic E-state index is 12.1. The van der Waals surface area contributed by atoms with Crippen molar-refractivity contribution in [2.75, 3.05) is 18.0 Å². The summed E-state index contributed by atoms with van der Waals surface area (Å²) in [6, 6.07) is 10.5. The number of nitrogens with one attached hydrogen (secondary N) is 2. The number of hydrogen-bond acceptors (Lipinski definition) is 3. The first-order valence-corrected chi connectivity index (χ1v) is 6.85. The van der Waals surface area contributed by atoms with Crippen LogP contribution in [0.2, 0.25) is 0 Å². The average Bonchev–Trinajstić information content (AvgIpc) is 3.09. The molecule has 5 nitrogen and oxygen atoms in total. The summed E-state index contributed by atoms with van der Waals surface area (Å²) in [5, 5.41) is 3.06. The highest BCUT2D eigenvalue weighted by atomic mass is 16.2. The zero-order valence-electron chi connectivity index (χ0n) is 11.5. The Bertz CT molecular complexity index is 593. The molecule has 0 aliphatic carbocycles. The molecule has 1 aliphatic rings. The Labute approximate surface area is 118 Å². The fourth-order valence-electron chi connectivity index (χ4n) is 2.55. The van der Waals surface area contributed by atoms with Crippen LogP contribution in [-0.4, -0.2) is 35.0 Å². The summed E-state index contributed by atoms with van der Waals surface area (Å²) >= 11 is 0. The summed E-state index contributed by atoms with van der Waals surface area (Å²) in [5.41, 5.74) is 1.74. The summed E-state index contributed by atoms with van der Waals surface area (Å²) in [5.74, 6) is 0.679. The molecule has 0 bridgehead atoms. The van der Waals surface area contributed by atoms with E-state index in [1.54, 1.807) is 6.20 Å². The van der Waals surface area contributed by atoms with Crippen LogP contribution in [0.3, 0.4) is 0 Å². The quantitative estimate of drug-likeness (QED) is 0.893. The number of nitrogens with zero attached hydrogens (tertiary/aromatic N) is 2. The molecule has 2 aromatic rings. The molecule has 1 fully saturated rings. The van der Waals surface area contributed by atoms with Crippen LogP contribution in [0.25, 0.3) is 0 Å². The predicted molar refractivity (Wildman–Crippen MR) is 77.9 cm³/mol. The molecule has 20 heavy (non-hydrogen) atoms. The number of aromatic nitrogens is 2. The Morgan fingerprint density at radius 3 is 2.90 bits per heavy atom. The third kappa shape index (κ3) is 2.66. The van der Waals surface area contributed by atoms with Crippen molar-refractivity contribution in [1.82, 2.24) is 15.3 Å². The summed E-state index contributed by atoms with van der Waals surface area (Å²) in [7, 11) is 0. The number of benzene rings is 1. The van der Waals surface area contributed by atoms with Crippen molar-refractivity contribution in [3.05, 3.63) is 48.0 Å². The average molecular weight is 270 g/mol. The summed E-state index contributed by atoms with van der Waals surface area (Å²) < 4.78 is 0. The van der Waals surface area contributed by atoms with Gasteiger partial charge in [-0.25, -0.2) is 4.98 Å². The lowest BCUT2D eigenvalue weighted by atomic mass is 10.2. The third-order valence-corrected chi connectivity index (χ3v) is 3.59. The maximum Gasteiger partial charge on any atom is 0.269 e. The minimum absolute atomic E-state index is 0.0782. The number of hydrogen-bond donors (Lipinski definition) is 2. The van der Waals surface area contributed by atoms with Crippen LogP contribution < -0.4 is 10.2 Å². The second-order valence-corrected chi connectivity index (χ2v) is 5.12. The Balaban J connectivity index is 1.59. The van der Waals surface area contributed by atoms with Crippen molar-refractivity contribution < 1.29 is 4.79 Å². The van der Waals surface area contributed by atoms with Crippen molar-refractivity contribution >= 4 is 11.6 Å². The lowest BCUT2D eigenvalue weighted by Crippen LogP contribution is -2.37. The SMILES string of the molecule is Cc1ncc(C(=O)NC2CCN(c3ccccc3)C2)[nH]1. The molecule has 1 amide bonds. The molecule has 1 unspecified atom stereocenters. The first kappa shape index (κ1) is 12.7. The number of amides is 1. The summed E-state index contributed by atoms with van der Waals surface area (Å²) in [4.78, 5) is 21.4. The molecule has 0 saturated carbocycles. The molecular formula is C15H18N4O. The van der Waals surface area contributed by atoms with Gasteiger partial charge in [-0.1, -0.05) is 18.2 Å². The number of carbonyl (C=O) groups excluding carboxylic acids is 1. The van der Waals surface area contributed by atoms with Gasteiger partial charge in [-0.15, -0.1) is 0 Å². The summed E-state index contributed by atoms with van der Waals surface area (Å²) in [6.07, 6.45) is 2.54. The van der Waals surface area contributed by atoms with Gasteiger partial charge in [-0.05, 0) is 25.5 Å². The van der Waals surface area contributed by atoms with Gasteiger partial charge in [-0.2, -0.15) is 0 Å². The van der Waals surface area contributed by atoms with E-state index in [0.717, 1.165) is 25.3 Å². The van der Waals surface area contributed by atoms with Crippen molar-refractivity contribution in [2.24, 2.45) is 0 Å². The number of carbonyl (C=O) groups is 1. The second-order valence-electron chi connectivity index (χ2n) is 5.12. The van der Waals surface area contributed by atoms with E-state index >= 15 is 0 Å². The Morgan fingerprint density at radius 2 is 2.20 bits per heavy atom. The van der Waals surface area contributed by atoms with E-state index < -0.39 is 0 Å². The molecule has 2 N–H and O–H groups in total. The predicted octanol–water partition coefficient (Wildman–Crippen LogP) is 1.73. The molecule has 3 rings (SSSR count). The molecule has 1 aliphatic heterocycles. The van der Waals surface area contributed by atoms with Crippen molar-refractivity contribution in [3.63, 3.8) is 0 Å². The fourth-order valence-corrected chi connectivity index (χ4v) is 2.55. The fraction of sp³-hybridized carbons (Fsp3) is 0.333. The maximum absolute atomic E-state index is 12.1. The normalized spacial score (nSPS) is 18.2. The smallest absolute Gasteiger partial charge is 0.269 e. The van der Waals surface area contributed by atoms with E-state index in [1.807, 2.05) is 25.1 Å². The largest absolute Gasteiger partial charge is 0.369 e. The van der Waals surface area contributed by atoms with Crippen LogP contribution in [0.5, 0.6) is 0 Å². The Kier molecular flexibility index (Phi) is 3.41. The van der Waals surface area contributed by atoms with Crippen molar-refractivity contribution in [2.45, 2.75) is 19.4 Å². The van der Waals surface area contributed by atoms with E-state index in [2.05, 4.69) is 32.3 Å². The van der Waals surface area contributed by atoms with Crippen LogP contribution in [0.15, 0.2) is 36.5 Å². The molecule has 104 valence electrons. The zero-order chi connectivity index (χ0) is 13.9. The molecule has 0 radical (unpaired) electrons. The van der Waals surface area contributed by atoms with Gasteiger partial charge >= 0.3 is 0 Å². The van der Waals surface area contributed by atoms with Gasteiger partial charge in [0.25, 0.3) is 5.91 Å². The number of H-pyrrole nitrogens is 1. The standard InChI is InChI=1S/C15H18N4O/c1-11-16-9-14(17-11)15(20)18-12-7-8-19(10-12)13-5-3-2-4-6-13/h2-6,9,12H,7-8,10H2,1H3,(H,16,17)(H,18,20). The van der Waals surface area contributed by atoms with Gasteiger partial charge in [0.15, 0.2) is 0 Å². The molecule has 2 heterocycles. The first-order valence-electron chi connectivity index (χ1n) is 6.85. The highest BCUT2D eigenvalue weighted by Gasteiger charge is 2.24. The van der Waals surface area contributed by atoms with E-state index in [-0.39, 0.29) is 11.9 Å². The number of imidazole rings is 1. The van der Waals surface area contributed by atoms with E-state index in [1.165, 1.54) is 5.69 Å². The molecular weight excluding hydrogens is 252 g/mol. The third-order valence-electron chi connectivity index (χ3n) is 3.59. The van der Waals surface area contributed by atoms with E-state index in [0.29, 0.717) is 5.69 Å². The molecule has 1 aromatic carbocycles. The lowest BCUT2D eigenvalue weighted by molar-refractivity contribution is 0.0936. The van der Waals surface area contributed by atoms with Crippen LogP contribution in [-0.2, 0) is 0 Å². The highest BCUT2D eigenvalue weighted by Crippen LogP contribution is 2.19. The lowest BCUT2D eigenvalue weighted by Gasteiger charge is -2.18. The number of para-hydroxylation sites is 1. The van der Waals surface area contributed by atoms with Gasteiger partial charge in [0.2, 0.25) is 0 Å². The minimum atomic E-state index is -0.0782. The molecule has 1 saturated heterocycles. The number of anilines is 1. The van der Waals surface area contributed by atoms with Gasteiger partial charge in [-0.3, -0.25) is 4.79 Å². The van der Waals surface area contributed by atoms with Crippen LogP contribution in [0.1, 0.15) is 22.7 Å². The number of rotatable bonds is 3. The number of aromatic amines is 1. The van der Waals surface area contributed by atoms with Crippen LogP contribution >= 0.6 is 0 Å². The van der Waals surface area contributed by atoms with E-state index in [9.17, 15) is 4.79 Å². The van der Waals surface area contributed by atoms with Crippen molar-refractivity contribution in [1.29, 1.82) is 0 Å². The monoisotopic (exact) mass is 270 g/mol. The molecule has 1 aromatic heterocycles. The van der Waals surface area contributed by atoms with Gasteiger partial charge in [0.05, 0.1) is 6.20 Å². The molecule has 1 atom stereocenters. The number of aryl methyl sites for hydroxylation is 1. The summed E-state index contributed by atoms with van der Waals surface area (Å²) in [6.45, 7) is 3.66. The Hall–Kier alpha value is -2.30. The van der Waals surface area contributed by atoms with Gasteiger partial charge < -0.3 is 15.2 Å².